The maximum Gasteiger partial charge on any atom is 0.147 e. The molecule has 1 aromatic rings. The first kappa shape index (κ1) is 12.3. The van der Waals surface area contributed by atoms with E-state index in [-0.39, 0.29) is 0 Å². The van der Waals surface area contributed by atoms with Gasteiger partial charge in [0.1, 0.15) is 5.82 Å². The zero-order valence-electron chi connectivity index (χ0n) is 10.5. The minimum Gasteiger partial charge on any atom is -0.375 e. The highest BCUT2D eigenvalue weighted by atomic mass is 16.5. The molecule has 1 unspecified atom stereocenters. The van der Waals surface area contributed by atoms with Crippen LogP contribution in [0.1, 0.15) is 19.0 Å². The van der Waals surface area contributed by atoms with Gasteiger partial charge < -0.3 is 15.0 Å². The van der Waals surface area contributed by atoms with Gasteiger partial charge in [0.2, 0.25) is 0 Å². The molecule has 1 saturated heterocycles. The van der Waals surface area contributed by atoms with Crippen LogP contribution in [0.15, 0.2) is 12.4 Å². The Bertz CT molecular complexity index is 358. The van der Waals surface area contributed by atoms with Crippen molar-refractivity contribution in [3.05, 3.63) is 18.1 Å². The van der Waals surface area contributed by atoms with Gasteiger partial charge in [-0.15, -0.1) is 0 Å². The third-order valence-electron chi connectivity index (χ3n) is 2.95. The molecule has 0 aliphatic carbocycles. The Morgan fingerprint density at radius 1 is 1.53 bits per heavy atom. The molecule has 0 spiro atoms. The number of nitrogens with one attached hydrogen (secondary N) is 1. The van der Waals surface area contributed by atoms with Crippen molar-refractivity contribution in [3.63, 3.8) is 0 Å². The Hall–Kier alpha value is -1.20. The molecule has 5 heteroatoms. The molecule has 1 N–H and O–H groups in total. The molecule has 0 amide bonds. The summed E-state index contributed by atoms with van der Waals surface area (Å²) in [6, 6.07) is 0. The zero-order chi connectivity index (χ0) is 12.1. The zero-order valence-corrected chi connectivity index (χ0v) is 10.5. The Balaban J connectivity index is 2.07. The van der Waals surface area contributed by atoms with Crippen molar-refractivity contribution in [2.24, 2.45) is 0 Å². The van der Waals surface area contributed by atoms with Crippen LogP contribution in [0.3, 0.4) is 0 Å². The monoisotopic (exact) mass is 236 g/mol. The van der Waals surface area contributed by atoms with Crippen LogP contribution in [0, 0.1) is 0 Å². The van der Waals surface area contributed by atoms with Gasteiger partial charge >= 0.3 is 0 Å². The maximum absolute atomic E-state index is 5.65. The highest BCUT2D eigenvalue weighted by molar-refractivity contribution is 5.37. The van der Waals surface area contributed by atoms with Gasteiger partial charge in [0.25, 0.3) is 0 Å². The fourth-order valence-corrected chi connectivity index (χ4v) is 1.99. The van der Waals surface area contributed by atoms with Crippen LogP contribution in [-0.4, -0.2) is 42.8 Å². The van der Waals surface area contributed by atoms with E-state index in [2.05, 4.69) is 27.1 Å². The van der Waals surface area contributed by atoms with Crippen molar-refractivity contribution < 1.29 is 4.74 Å². The molecule has 2 rings (SSSR count). The smallest absolute Gasteiger partial charge is 0.147 e. The number of aromatic nitrogens is 2. The van der Waals surface area contributed by atoms with Crippen LogP contribution in [0.25, 0.3) is 0 Å². The van der Waals surface area contributed by atoms with E-state index in [1.54, 1.807) is 6.20 Å². The van der Waals surface area contributed by atoms with Gasteiger partial charge in [-0.25, -0.2) is 4.98 Å². The second kappa shape index (κ2) is 5.93. The van der Waals surface area contributed by atoms with E-state index in [4.69, 9.17) is 4.74 Å². The Labute approximate surface area is 102 Å². The van der Waals surface area contributed by atoms with E-state index >= 15 is 0 Å². The molecule has 0 aromatic carbocycles. The molecule has 0 saturated carbocycles. The van der Waals surface area contributed by atoms with Gasteiger partial charge in [-0.05, 0) is 13.5 Å². The first-order chi connectivity index (χ1) is 8.33. The molecule has 17 heavy (non-hydrogen) atoms. The van der Waals surface area contributed by atoms with Crippen LogP contribution in [0.4, 0.5) is 5.82 Å². The summed E-state index contributed by atoms with van der Waals surface area (Å²) in [5.74, 6) is 0.958. The summed E-state index contributed by atoms with van der Waals surface area (Å²) < 4.78 is 5.65. The second-order valence-electron chi connectivity index (χ2n) is 4.25. The number of anilines is 1. The van der Waals surface area contributed by atoms with Crippen molar-refractivity contribution in [3.8, 4) is 0 Å². The summed E-state index contributed by atoms with van der Waals surface area (Å²) in [7, 11) is 1.91. The third-order valence-corrected chi connectivity index (χ3v) is 2.95. The van der Waals surface area contributed by atoms with Gasteiger partial charge in [0, 0.05) is 25.8 Å². The van der Waals surface area contributed by atoms with Gasteiger partial charge in [-0.3, -0.25) is 4.98 Å². The number of hydrogen-bond donors (Lipinski definition) is 1. The molecule has 94 valence electrons. The fraction of sp³-hybridized carbons (Fsp3) is 0.667. The minimum atomic E-state index is 0.318. The molecule has 1 fully saturated rings. The minimum absolute atomic E-state index is 0.318. The molecule has 1 aromatic heterocycles. The van der Waals surface area contributed by atoms with Crippen molar-refractivity contribution in [2.45, 2.75) is 26.0 Å². The van der Waals surface area contributed by atoms with E-state index in [1.807, 2.05) is 13.2 Å². The van der Waals surface area contributed by atoms with E-state index < -0.39 is 0 Å². The van der Waals surface area contributed by atoms with Crippen molar-refractivity contribution in [1.82, 2.24) is 15.3 Å². The predicted molar refractivity (Wildman–Crippen MR) is 67.0 cm³/mol. The lowest BCUT2D eigenvalue weighted by atomic mass is 10.2. The quantitative estimate of drug-likeness (QED) is 0.838. The summed E-state index contributed by atoms with van der Waals surface area (Å²) in [5, 5.41) is 3.09. The van der Waals surface area contributed by atoms with Crippen LogP contribution >= 0.6 is 0 Å². The average molecular weight is 236 g/mol. The number of nitrogens with zero attached hydrogens (tertiary/aromatic N) is 3. The normalized spacial score (nSPS) is 20.6. The lowest BCUT2D eigenvalue weighted by Gasteiger charge is -2.33. The maximum atomic E-state index is 5.65. The summed E-state index contributed by atoms with van der Waals surface area (Å²) in [6.07, 6.45) is 4.99. The summed E-state index contributed by atoms with van der Waals surface area (Å²) in [6.45, 7) is 5.48. The van der Waals surface area contributed by atoms with E-state index in [1.165, 1.54) is 0 Å². The molecule has 1 aliphatic rings. The Kier molecular flexibility index (Phi) is 4.28. The van der Waals surface area contributed by atoms with Crippen molar-refractivity contribution >= 4 is 5.82 Å². The first-order valence-electron chi connectivity index (χ1n) is 6.15. The standard InChI is InChI=1S/C12H20N4O/c1-3-11-9-16(4-5-17-11)12-8-14-7-10(15-12)6-13-2/h7-8,11,13H,3-6,9H2,1-2H3. The predicted octanol–water partition coefficient (Wildman–Crippen LogP) is 0.811. The summed E-state index contributed by atoms with van der Waals surface area (Å²) >= 11 is 0. The van der Waals surface area contributed by atoms with Crippen LogP contribution in [0.5, 0.6) is 0 Å². The molecular weight excluding hydrogens is 216 g/mol. The lowest BCUT2D eigenvalue weighted by molar-refractivity contribution is 0.0381. The molecule has 0 radical (unpaired) electrons. The number of rotatable bonds is 4. The Morgan fingerprint density at radius 3 is 3.18 bits per heavy atom. The molecular formula is C12H20N4O. The van der Waals surface area contributed by atoms with Crippen LogP contribution in [-0.2, 0) is 11.3 Å². The number of ether oxygens (including phenoxy) is 1. The van der Waals surface area contributed by atoms with Gasteiger partial charge in [0.15, 0.2) is 0 Å². The number of hydrogen-bond acceptors (Lipinski definition) is 5. The molecule has 1 aliphatic heterocycles. The molecule has 2 heterocycles. The summed E-state index contributed by atoms with van der Waals surface area (Å²) in [4.78, 5) is 11.1. The molecule has 0 bridgehead atoms. The Morgan fingerprint density at radius 2 is 2.41 bits per heavy atom. The van der Waals surface area contributed by atoms with Gasteiger partial charge in [0.05, 0.1) is 24.6 Å². The van der Waals surface area contributed by atoms with E-state index in [0.29, 0.717) is 6.10 Å². The highest BCUT2D eigenvalue weighted by Gasteiger charge is 2.20. The third kappa shape index (κ3) is 3.14. The SMILES string of the molecule is CCC1CN(c2cncc(CNC)n2)CCO1. The summed E-state index contributed by atoms with van der Waals surface area (Å²) in [5.41, 5.74) is 0.976. The first-order valence-corrected chi connectivity index (χ1v) is 6.15. The van der Waals surface area contributed by atoms with E-state index in [9.17, 15) is 0 Å². The molecule has 1 atom stereocenters. The van der Waals surface area contributed by atoms with Crippen molar-refractivity contribution in [2.75, 3.05) is 31.6 Å². The van der Waals surface area contributed by atoms with Crippen LogP contribution in [0.2, 0.25) is 0 Å². The fourth-order valence-electron chi connectivity index (χ4n) is 1.99. The van der Waals surface area contributed by atoms with Gasteiger partial charge in [-0.1, -0.05) is 6.92 Å². The van der Waals surface area contributed by atoms with E-state index in [0.717, 1.165) is 44.2 Å². The molecule has 5 nitrogen and oxygen atoms in total. The topological polar surface area (TPSA) is 50.3 Å². The van der Waals surface area contributed by atoms with Crippen molar-refractivity contribution in [1.29, 1.82) is 0 Å². The highest BCUT2D eigenvalue weighted by Crippen LogP contribution is 2.15. The second-order valence-corrected chi connectivity index (χ2v) is 4.25. The van der Waals surface area contributed by atoms with Crippen LogP contribution < -0.4 is 10.2 Å². The van der Waals surface area contributed by atoms with Gasteiger partial charge in [-0.2, -0.15) is 0 Å². The lowest BCUT2D eigenvalue weighted by Crippen LogP contribution is -2.42. The average Bonchev–Trinajstić information content (AvgIpc) is 2.40. The number of morpholine rings is 1. The largest absolute Gasteiger partial charge is 0.375 e.